The van der Waals surface area contributed by atoms with E-state index in [9.17, 15) is 4.79 Å². The van der Waals surface area contributed by atoms with Crippen LogP contribution in [-0.2, 0) is 6.54 Å². The number of carbonyl (C=O) groups excluding carboxylic acids is 1. The van der Waals surface area contributed by atoms with Gasteiger partial charge in [0.05, 0.1) is 0 Å². The molecule has 24 heavy (non-hydrogen) atoms. The number of guanidine groups is 1. The molecule has 0 heterocycles. The molecule has 0 unspecified atom stereocenters. The molecule has 136 valence electrons. The number of hydrogen-bond acceptors (Lipinski definition) is 2. The van der Waals surface area contributed by atoms with Gasteiger partial charge in [-0.3, -0.25) is 9.79 Å². The Hall–Kier alpha value is -1.31. The van der Waals surface area contributed by atoms with Crippen molar-refractivity contribution in [3.8, 4) is 0 Å². The van der Waals surface area contributed by atoms with Crippen molar-refractivity contribution in [3.05, 3.63) is 35.4 Å². The van der Waals surface area contributed by atoms with Crippen molar-refractivity contribution in [2.45, 2.75) is 33.2 Å². The first-order valence-corrected chi connectivity index (χ1v) is 8.19. The van der Waals surface area contributed by atoms with Crippen LogP contribution < -0.4 is 10.6 Å². The molecule has 0 saturated carbocycles. The maximum atomic E-state index is 11.8. The fourth-order valence-electron chi connectivity index (χ4n) is 2.15. The van der Waals surface area contributed by atoms with E-state index >= 15 is 0 Å². The molecule has 0 aliphatic rings. The van der Waals surface area contributed by atoms with Gasteiger partial charge in [0.2, 0.25) is 0 Å². The number of rotatable bonds is 7. The van der Waals surface area contributed by atoms with Crippen molar-refractivity contribution in [1.82, 2.24) is 15.5 Å². The number of halogens is 1. The number of nitrogens with one attached hydrogen (secondary N) is 2. The van der Waals surface area contributed by atoms with Gasteiger partial charge in [-0.15, -0.1) is 24.0 Å². The Labute approximate surface area is 163 Å². The molecule has 0 aliphatic carbocycles. The van der Waals surface area contributed by atoms with Crippen molar-refractivity contribution in [1.29, 1.82) is 0 Å². The lowest BCUT2D eigenvalue weighted by Gasteiger charge is -2.13. The van der Waals surface area contributed by atoms with Crippen molar-refractivity contribution in [3.63, 3.8) is 0 Å². The van der Waals surface area contributed by atoms with E-state index in [1.54, 1.807) is 26.0 Å². The minimum Gasteiger partial charge on any atom is -0.356 e. The third-order valence-corrected chi connectivity index (χ3v) is 3.54. The van der Waals surface area contributed by atoms with Gasteiger partial charge < -0.3 is 15.5 Å². The third kappa shape index (κ3) is 8.52. The lowest BCUT2D eigenvalue weighted by molar-refractivity contribution is 0.0827. The van der Waals surface area contributed by atoms with Crippen LogP contribution in [0, 0.1) is 5.92 Å². The van der Waals surface area contributed by atoms with E-state index < -0.39 is 0 Å². The molecule has 5 nitrogen and oxygen atoms in total. The molecule has 0 radical (unpaired) electrons. The number of hydrogen-bond donors (Lipinski definition) is 2. The molecule has 0 aromatic heterocycles. The second-order valence-corrected chi connectivity index (χ2v) is 6.29. The standard InChI is InChI=1S/C18H30N4O.HI/c1-14(2)7-6-12-20-18(19-3)21-13-15-8-10-16(11-9-15)17(23)22(4)5;/h8-11,14H,6-7,12-13H2,1-5H3,(H2,19,20,21);1H. The molecular formula is C18H31IN4O. The van der Waals surface area contributed by atoms with Gasteiger partial charge in [0.15, 0.2) is 5.96 Å². The zero-order valence-corrected chi connectivity index (χ0v) is 17.8. The highest BCUT2D eigenvalue weighted by Gasteiger charge is 2.07. The molecule has 6 heteroatoms. The molecule has 0 aliphatic heterocycles. The zero-order chi connectivity index (χ0) is 17.2. The minimum absolute atomic E-state index is 0. The normalized spacial score (nSPS) is 11.0. The topological polar surface area (TPSA) is 56.7 Å². The first-order chi connectivity index (χ1) is 10.9. The zero-order valence-electron chi connectivity index (χ0n) is 15.4. The van der Waals surface area contributed by atoms with E-state index in [2.05, 4.69) is 29.5 Å². The molecule has 0 bridgehead atoms. The van der Waals surface area contributed by atoms with E-state index in [1.807, 2.05) is 24.3 Å². The number of carbonyl (C=O) groups is 1. The number of amides is 1. The highest BCUT2D eigenvalue weighted by Crippen LogP contribution is 2.06. The Balaban J connectivity index is 0.00000529. The van der Waals surface area contributed by atoms with Crippen LogP contribution in [0.25, 0.3) is 0 Å². The molecule has 1 rings (SSSR count). The van der Waals surface area contributed by atoms with Gasteiger partial charge in [-0.1, -0.05) is 26.0 Å². The Morgan fingerprint density at radius 3 is 2.29 bits per heavy atom. The van der Waals surface area contributed by atoms with E-state index in [1.165, 1.54) is 6.42 Å². The van der Waals surface area contributed by atoms with Crippen LogP contribution in [0.2, 0.25) is 0 Å². The molecule has 0 saturated heterocycles. The van der Waals surface area contributed by atoms with Crippen molar-refractivity contribution in [2.75, 3.05) is 27.7 Å². The quantitative estimate of drug-likeness (QED) is 0.293. The Morgan fingerprint density at radius 1 is 1.17 bits per heavy atom. The van der Waals surface area contributed by atoms with Gasteiger partial charge in [0.25, 0.3) is 5.91 Å². The fraction of sp³-hybridized carbons (Fsp3) is 0.556. The van der Waals surface area contributed by atoms with Crippen LogP contribution in [0.15, 0.2) is 29.3 Å². The van der Waals surface area contributed by atoms with Crippen LogP contribution in [0.4, 0.5) is 0 Å². The number of aliphatic imine (C=N–C) groups is 1. The van der Waals surface area contributed by atoms with Gasteiger partial charge in [-0.25, -0.2) is 0 Å². The lowest BCUT2D eigenvalue weighted by atomic mass is 10.1. The Kier molecular flexibility index (Phi) is 11.4. The highest BCUT2D eigenvalue weighted by atomic mass is 127. The maximum Gasteiger partial charge on any atom is 0.253 e. The van der Waals surface area contributed by atoms with Crippen LogP contribution in [0.1, 0.15) is 42.6 Å². The average Bonchev–Trinajstić information content (AvgIpc) is 2.53. The van der Waals surface area contributed by atoms with E-state index in [4.69, 9.17) is 0 Å². The summed E-state index contributed by atoms with van der Waals surface area (Å²) in [6.07, 6.45) is 2.35. The van der Waals surface area contributed by atoms with Gasteiger partial charge >= 0.3 is 0 Å². The second-order valence-electron chi connectivity index (χ2n) is 6.29. The van der Waals surface area contributed by atoms with Gasteiger partial charge in [0.1, 0.15) is 0 Å². The van der Waals surface area contributed by atoms with Crippen molar-refractivity contribution in [2.24, 2.45) is 10.9 Å². The van der Waals surface area contributed by atoms with Crippen molar-refractivity contribution >= 4 is 35.8 Å². The van der Waals surface area contributed by atoms with Crippen LogP contribution in [0.5, 0.6) is 0 Å². The van der Waals surface area contributed by atoms with Gasteiger partial charge in [-0.05, 0) is 36.5 Å². The summed E-state index contributed by atoms with van der Waals surface area (Å²) in [5, 5.41) is 6.61. The number of benzene rings is 1. The SMILES string of the molecule is CN=C(NCCCC(C)C)NCc1ccc(C(=O)N(C)C)cc1.I. The Bertz CT molecular complexity index is 512. The van der Waals surface area contributed by atoms with Gasteiger partial charge in [0, 0.05) is 39.8 Å². The molecule has 2 N–H and O–H groups in total. The summed E-state index contributed by atoms with van der Waals surface area (Å²) in [5.74, 6) is 1.56. The summed E-state index contributed by atoms with van der Waals surface area (Å²) >= 11 is 0. The summed E-state index contributed by atoms with van der Waals surface area (Å²) in [6, 6.07) is 7.65. The van der Waals surface area contributed by atoms with Crippen LogP contribution >= 0.6 is 24.0 Å². The smallest absolute Gasteiger partial charge is 0.253 e. The Morgan fingerprint density at radius 2 is 1.79 bits per heavy atom. The molecule has 0 spiro atoms. The number of nitrogens with zero attached hydrogens (tertiary/aromatic N) is 2. The van der Waals surface area contributed by atoms with E-state index in [0.717, 1.165) is 30.4 Å². The minimum atomic E-state index is 0. The monoisotopic (exact) mass is 446 g/mol. The lowest BCUT2D eigenvalue weighted by Crippen LogP contribution is -2.37. The van der Waals surface area contributed by atoms with Gasteiger partial charge in [-0.2, -0.15) is 0 Å². The van der Waals surface area contributed by atoms with Crippen LogP contribution in [-0.4, -0.2) is 44.5 Å². The summed E-state index contributed by atoms with van der Waals surface area (Å²) in [4.78, 5) is 17.6. The molecule has 1 aromatic rings. The maximum absolute atomic E-state index is 11.8. The molecule has 1 aromatic carbocycles. The van der Waals surface area contributed by atoms with Crippen molar-refractivity contribution < 1.29 is 4.79 Å². The molecular weight excluding hydrogens is 415 g/mol. The largest absolute Gasteiger partial charge is 0.356 e. The first-order valence-electron chi connectivity index (χ1n) is 8.19. The highest BCUT2D eigenvalue weighted by molar-refractivity contribution is 14.0. The summed E-state index contributed by atoms with van der Waals surface area (Å²) in [6.45, 7) is 6.07. The average molecular weight is 446 g/mol. The van der Waals surface area contributed by atoms with Crippen LogP contribution in [0.3, 0.4) is 0 Å². The summed E-state index contributed by atoms with van der Waals surface area (Å²) < 4.78 is 0. The summed E-state index contributed by atoms with van der Waals surface area (Å²) in [7, 11) is 5.29. The fourth-order valence-corrected chi connectivity index (χ4v) is 2.15. The predicted molar refractivity (Wildman–Crippen MR) is 112 cm³/mol. The predicted octanol–water partition coefficient (Wildman–Crippen LogP) is 3.11. The molecule has 0 fully saturated rings. The van der Waals surface area contributed by atoms with E-state index in [0.29, 0.717) is 12.1 Å². The first kappa shape index (κ1) is 22.7. The summed E-state index contributed by atoms with van der Waals surface area (Å²) in [5.41, 5.74) is 1.82. The molecule has 0 atom stereocenters. The van der Waals surface area contributed by atoms with E-state index in [-0.39, 0.29) is 29.9 Å². The molecule has 1 amide bonds. The third-order valence-electron chi connectivity index (χ3n) is 3.54. The second kappa shape index (κ2) is 12.1.